The van der Waals surface area contributed by atoms with Crippen molar-refractivity contribution in [2.24, 2.45) is 12.1 Å². The third-order valence-corrected chi connectivity index (χ3v) is 3.35. The number of pyridine rings is 1. The molecule has 8 nitrogen and oxygen atoms in total. The number of fused-ring (bicyclic) bond motifs is 1. The molecule has 0 saturated heterocycles. The van der Waals surface area contributed by atoms with Gasteiger partial charge < -0.3 is 0 Å². The van der Waals surface area contributed by atoms with Gasteiger partial charge in [0.05, 0.1) is 17.4 Å². The molecule has 1 saturated carbocycles. The number of imidazole rings is 1. The molecule has 1 N–H and O–H groups in total. The quantitative estimate of drug-likeness (QED) is 0.663. The van der Waals surface area contributed by atoms with Crippen LogP contribution < -0.4 is 11.1 Å². The van der Waals surface area contributed by atoms with E-state index in [-0.39, 0.29) is 17.4 Å². The first kappa shape index (κ1) is 12.9. The molecule has 0 atom stereocenters. The number of hydrogen-bond acceptors (Lipinski definition) is 6. The number of nitrogens with zero attached hydrogens (tertiary/aromatic N) is 6. The summed E-state index contributed by atoms with van der Waals surface area (Å²) in [5.74, 6) is 0. The monoisotopic (exact) mass is 281 g/mol. The highest BCUT2D eigenvalue weighted by Gasteiger charge is 2.28. The smallest absolute Gasteiger partial charge is 0.293 e. The van der Waals surface area contributed by atoms with Crippen LogP contribution in [-0.4, -0.2) is 19.8 Å². The number of nitriles is 2. The van der Waals surface area contributed by atoms with Gasteiger partial charge in [0, 0.05) is 13.1 Å². The number of anilines is 1. The highest BCUT2D eigenvalue weighted by atomic mass is 16.1. The fourth-order valence-corrected chi connectivity index (χ4v) is 2.15. The van der Waals surface area contributed by atoms with Crippen molar-refractivity contribution in [3.63, 3.8) is 0 Å². The van der Waals surface area contributed by atoms with Crippen LogP contribution in [0.2, 0.25) is 0 Å². The molecule has 21 heavy (non-hydrogen) atoms. The van der Waals surface area contributed by atoms with Crippen molar-refractivity contribution in [2.75, 3.05) is 5.43 Å². The van der Waals surface area contributed by atoms with E-state index in [9.17, 15) is 4.79 Å². The standard InChI is InChI=1S/C13H11N7O/c1-19-11-4-8(17-18-9(5-14)6-15)7-16-12(11)20(13(19)21)10-2-3-10/h4,7,10,17H,2-3H2,1H3. The third-order valence-electron chi connectivity index (χ3n) is 3.35. The number of aryl methyl sites for hydroxylation is 1. The predicted molar refractivity (Wildman–Crippen MR) is 75.5 cm³/mol. The topological polar surface area (TPSA) is 112 Å². The zero-order chi connectivity index (χ0) is 15.0. The zero-order valence-corrected chi connectivity index (χ0v) is 11.2. The minimum Gasteiger partial charge on any atom is -0.293 e. The largest absolute Gasteiger partial charge is 0.330 e. The summed E-state index contributed by atoms with van der Waals surface area (Å²) in [6.07, 6.45) is 3.52. The molecule has 1 aliphatic carbocycles. The number of hydrazone groups is 1. The summed E-state index contributed by atoms with van der Waals surface area (Å²) in [5.41, 5.74) is 4.06. The molecule has 0 amide bonds. The van der Waals surface area contributed by atoms with Gasteiger partial charge in [-0.15, -0.1) is 0 Å². The first-order chi connectivity index (χ1) is 10.2. The molecule has 2 aromatic heterocycles. The Bertz CT molecular complexity index is 870. The third kappa shape index (κ3) is 2.13. The molecule has 0 radical (unpaired) electrons. The molecule has 1 fully saturated rings. The SMILES string of the molecule is Cn1c(=O)n(C2CC2)c2ncc(NN=C(C#N)C#N)cc21. The van der Waals surface area contributed by atoms with Crippen LogP contribution in [0.15, 0.2) is 22.2 Å². The van der Waals surface area contributed by atoms with Gasteiger partial charge in [0.2, 0.25) is 5.71 Å². The molecule has 0 unspecified atom stereocenters. The minimum atomic E-state index is -0.278. The van der Waals surface area contributed by atoms with E-state index < -0.39 is 0 Å². The van der Waals surface area contributed by atoms with Crippen molar-refractivity contribution in [1.82, 2.24) is 14.1 Å². The minimum absolute atomic E-state index is 0.0876. The normalized spacial score (nSPS) is 13.5. The number of rotatable bonds is 3. The summed E-state index contributed by atoms with van der Waals surface area (Å²) < 4.78 is 3.24. The predicted octanol–water partition coefficient (Wildman–Crippen LogP) is 0.885. The van der Waals surface area contributed by atoms with Gasteiger partial charge in [-0.2, -0.15) is 15.6 Å². The highest BCUT2D eigenvalue weighted by molar-refractivity contribution is 6.10. The summed E-state index contributed by atoms with van der Waals surface area (Å²) in [7, 11) is 1.69. The van der Waals surface area contributed by atoms with Crippen LogP contribution in [-0.2, 0) is 7.05 Å². The van der Waals surface area contributed by atoms with Gasteiger partial charge in [0.25, 0.3) is 0 Å². The zero-order valence-electron chi connectivity index (χ0n) is 11.2. The molecule has 1 aliphatic rings. The first-order valence-electron chi connectivity index (χ1n) is 6.36. The van der Waals surface area contributed by atoms with Crippen LogP contribution in [0.25, 0.3) is 11.2 Å². The second-order valence-corrected chi connectivity index (χ2v) is 4.81. The Morgan fingerprint density at radius 2 is 2.19 bits per heavy atom. The fraction of sp³-hybridized carbons (Fsp3) is 0.308. The number of hydrogen-bond donors (Lipinski definition) is 1. The molecule has 2 aromatic rings. The van der Waals surface area contributed by atoms with Gasteiger partial charge >= 0.3 is 5.69 Å². The van der Waals surface area contributed by atoms with Gasteiger partial charge in [-0.05, 0) is 18.9 Å². The maximum absolute atomic E-state index is 12.2. The number of aromatic nitrogens is 3. The van der Waals surface area contributed by atoms with Crippen molar-refractivity contribution >= 4 is 22.6 Å². The Hall–Kier alpha value is -3.13. The van der Waals surface area contributed by atoms with E-state index in [1.165, 1.54) is 10.8 Å². The first-order valence-corrected chi connectivity index (χ1v) is 6.36. The van der Waals surface area contributed by atoms with Crippen molar-refractivity contribution < 1.29 is 0 Å². The lowest BCUT2D eigenvalue weighted by Crippen LogP contribution is -2.21. The van der Waals surface area contributed by atoms with Gasteiger partial charge in [0.15, 0.2) is 5.65 Å². The van der Waals surface area contributed by atoms with E-state index in [4.69, 9.17) is 10.5 Å². The molecule has 8 heteroatoms. The fourth-order valence-electron chi connectivity index (χ4n) is 2.15. The highest BCUT2D eigenvalue weighted by Crippen LogP contribution is 2.35. The summed E-state index contributed by atoms with van der Waals surface area (Å²) in [5, 5.41) is 20.9. The van der Waals surface area contributed by atoms with Crippen LogP contribution in [0.5, 0.6) is 0 Å². The van der Waals surface area contributed by atoms with Crippen LogP contribution in [0.1, 0.15) is 18.9 Å². The van der Waals surface area contributed by atoms with Crippen LogP contribution >= 0.6 is 0 Å². The summed E-state index contributed by atoms with van der Waals surface area (Å²) in [6.45, 7) is 0. The van der Waals surface area contributed by atoms with Crippen LogP contribution in [0, 0.1) is 22.7 Å². The number of nitrogens with one attached hydrogen (secondary N) is 1. The van der Waals surface area contributed by atoms with Crippen LogP contribution in [0.4, 0.5) is 5.69 Å². The Labute approximate surface area is 119 Å². The van der Waals surface area contributed by atoms with E-state index in [0.29, 0.717) is 16.9 Å². The van der Waals surface area contributed by atoms with Crippen molar-refractivity contribution in [1.29, 1.82) is 10.5 Å². The molecule has 3 rings (SSSR count). The maximum Gasteiger partial charge on any atom is 0.330 e. The molecular weight excluding hydrogens is 270 g/mol. The molecule has 0 bridgehead atoms. The lowest BCUT2D eigenvalue weighted by Gasteiger charge is -2.01. The van der Waals surface area contributed by atoms with E-state index in [1.54, 1.807) is 29.8 Å². The van der Waals surface area contributed by atoms with Crippen molar-refractivity contribution in [3.05, 3.63) is 22.7 Å². The molecule has 0 aromatic carbocycles. The second-order valence-electron chi connectivity index (χ2n) is 4.81. The lowest BCUT2D eigenvalue weighted by molar-refractivity contribution is 0.691. The van der Waals surface area contributed by atoms with Gasteiger partial charge in [0.1, 0.15) is 12.1 Å². The van der Waals surface area contributed by atoms with Crippen molar-refractivity contribution in [3.8, 4) is 12.1 Å². The second kappa shape index (κ2) is 4.76. The van der Waals surface area contributed by atoms with Crippen molar-refractivity contribution in [2.45, 2.75) is 18.9 Å². The Balaban J connectivity index is 2.04. The maximum atomic E-state index is 12.2. The average Bonchev–Trinajstić information content (AvgIpc) is 3.30. The Morgan fingerprint density at radius 3 is 2.81 bits per heavy atom. The van der Waals surface area contributed by atoms with Crippen LogP contribution in [0.3, 0.4) is 0 Å². The van der Waals surface area contributed by atoms with E-state index in [1.807, 2.05) is 0 Å². The summed E-state index contributed by atoms with van der Waals surface area (Å²) >= 11 is 0. The molecule has 0 aliphatic heterocycles. The molecular formula is C13H11N7O. The molecule has 104 valence electrons. The average molecular weight is 281 g/mol. The van der Waals surface area contributed by atoms with E-state index >= 15 is 0 Å². The van der Waals surface area contributed by atoms with Gasteiger partial charge in [-0.3, -0.25) is 14.6 Å². The molecule has 2 heterocycles. The van der Waals surface area contributed by atoms with E-state index in [2.05, 4.69) is 15.5 Å². The van der Waals surface area contributed by atoms with Gasteiger partial charge in [-0.25, -0.2) is 9.78 Å². The summed E-state index contributed by atoms with van der Waals surface area (Å²) in [4.78, 5) is 16.5. The van der Waals surface area contributed by atoms with Gasteiger partial charge in [-0.1, -0.05) is 0 Å². The Morgan fingerprint density at radius 1 is 1.48 bits per heavy atom. The lowest BCUT2D eigenvalue weighted by atomic mass is 10.4. The summed E-state index contributed by atoms with van der Waals surface area (Å²) in [6, 6.07) is 5.27. The van der Waals surface area contributed by atoms with E-state index in [0.717, 1.165) is 12.8 Å². The Kier molecular flexibility index (Phi) is 2.92. The molecule has 0 spiro atoms.